The number of alkyl halides is 6. The highest BCUT2D eigenvalue weighted by Crippen LogP contribution is 2.38. The number of halogens is 6. The van der Waals surface area contributed by atoms with Crippen LogP contribution in [0, 0.1) is 0 Å². The van der Waals surface area contributed by atoms with Crippen LogP contribution in [0.3, 0.4) is 0 Å². The van der Waals surface area contributed by atoms with Gasteiger partial charge in [0, 0.05) is 11.6 Å². The molecule has 0 bridgehead atoms. The quantitative estimate of drug-likeness (QED) is 0.845. The molecule has 2 rings (SSSR count). The zero-order chi connectivity index (χ0) is 16.7. The van der Waals surface area contributed by atoms with Crippen molar-refractivity contribution in [3.8, 4) is 11.3 Å². The van der Waals surface area contributed by atoms with E-state index in [0.29, 0.717) is 12.1 Å². The van der Waals surface area contributed by atoms with Crippen molar-refractivity contribution in [1.29, 1.82) is 0 Å². The van der Waals surface area contributed by atoms with E-state index in [4.69, 9.17) is 5.11 Å². The first-order valence-corrected chi connectivity index (χ1v) is 5.48. The van der Waals surface area contributed by atoms with Crippen molar-refractivity contribution >= 4 is 5.97 Å². The molecule has 2 aromatic rings. The maximum atomic E-state index is 12.7. The Morgan fingerprint density at radius 2 is 1.45 bits per heavy atom. The lowest BCUT2D eigenvalue weighted by molar-refractivity contribution is -0.143. The third-order valence-corrected chi connectivity index (χ3v) is 2.60. The summed E-state index contributed by atoms with van der Waals surface area (Å²) in [5.74, 6) is -2.05. The van der Waals surface area contributed by atoms with Crippen LogP contribution in [0.2, 0.25) is 0 Å². The van der Waals surface area contributed by atoms with Crippen LogP contribution in [-0.2, 0) is 12.4 Å². The number of carboxylic acids is 1. The van der Waals surface area contributed by atoms with Crippen molar-refractivity contribution in [2.75, 3.05) is 0 Å². The number of rotatable bonds is 2. The van der Waals surface area contributed by atoms with Gasteiger partial charge < -0.3 is 9.63 Å². The van der Waals surface area contributed by atoms with Gasteiger partial charge in [0.2, 0.25) is 0 Å². The van der Waals surface area contributed by atoms with Gasteiger partial charge in [0.25, 0.3) is 0 Å². The highest BCUT2D eigenvalue weighted by molar-refractivity contribution is 5.86. The fourth-order valence-corrected chi connectivity index (χ4v) is 1.61. The van der Waals surface area contributed by atoms with Crippen LogP contribution in [0.1, 0.15) is 21.6 Å². The number of aromatic nitrogens is 1. The molecule has 0 atom stereocenters. The van der Waals surface area contributed by atoms with E-state index >= 15 is 0 Å². The van der Waals surface area contributed by atoms with Crippen molar-refractivity contribution in [1.82, 2.24) is 5.16 Å². The van der Waals surface area contributed by atoms with E-state index in [0.717, 1.165) is 6.07 Å². The second kappa shape index (κ2) is 5.04. The summed E-state index contributed by atoms with van der Waals surface area (Å²) in [5.41, 5.74) is -4.29. The van der Waals surface area contributed by atoms with Gasteiger partial charge in [-0.3, -0.25) is 0 Å². The van der Waals surface area contributed by atoms with Crippen LogP contribution < -0.4 is 0 Å². The first kappa shape index (κ1) is 15.9. The predicted molar refractivity (Wildman–Crippen MR) is 58.9 cm³/mol. The zero-order valence-electron chi connectivity index (χ0n) is 10.3. The molecule has 0 saturated carbocycles. The average Bonchev–Trinajstić information content (AvgIpc) is 2.85. The summed E-state index contributed by atoms with van der Waals surface area (Å²) < 4.78 is 80.5. The summed E-state index contributed by atoms with van der Waals surface area (Å²) in [6.07, 6.45) is -10.0. The Hall–Kier alpha value is -2.52. The standard InChI is InChI=1S/C12H5F6NO3/c13-11(14,15)6-1-5(2-7(3-6)12(16,17)18)9-4-8(10(20)21)19-22-9/h1-4H,(H,20,21). The summed E-state index contributed by atoms with van der Waals surface area (Å²) in [7, 11) is 0. The van der Waals surface area contributed by atoms with E-state index in [-0.39, 0.29) is 6.07 Å². The van der Waals surface area contributed by atoms with E-state index in [9.17, 15) is 31.1 Å². The Morgan fingerprint density at radius 1 is 0.955 bits per heavy atom. The van der Waals surface area contributed by atoms with Gasteiger partial charge in [-0.1, -0.05) is 5.16 Å². The van der Waals surface area contributed by atoms with E-state index in [1.807, 2.05) is 0 Å². The van der Waals surface area contributed by atoms with Crippen LogP contribution in [-0.4, -0.2) is 16.2 Å². The number of aromatic carboxylic acids is 1. The lowest BCUT2D eigenvalue weighted by atomic mass is 10.0. The number of benzene rings is 1. The Kier molecular flexibility index (Phi) is 3.63. The van der Waals surface area contributed by atoms with Gasteiger partial charge in [-0.15, -0.1) is 0 Å². The first-order chi connectivity index (χ1) is 9.98. The summed E-state index contributed by atoms with van der Waals surface area (Å²) in [4.78, 5) is 10.6. The van der Waals surface area contributed by atoms with Gasteiger partial charge in [0.1, 0.15) is 0 Å². The highest BCUT2D eigenvalue weighted by atomic mass is 19.4. The first-order valence-electron chi connectivity index (χ1n) is 5.48. The fourth-order valence-electron chi connectivity index (χ4n) is 1.61. The topological polar surface area (TPSA) is 63.3 Å². The molecule has 0 aliphatic rings. The molecule has 1 aromatic carbocycles. The molecule has 0 aliphatic heterocycles. The van der Waals surface area contributed by atoms with Gasteiger partial charge in [0.05, 0.1) is 11.1 Å². The van der Waals surface area contributed by atoms with Gasteiger partial charge >= 0.3 is 18.3 Å². The van der Waals surface area contributed by atoms with Crippen LogP contribution in [0.25, 0.3) is 11.3 Å². The third kappa shape index (κ3) is 3.21. The van der Waals surface area contributed by atoms with Crippen LogP contribution in [0.5, 0.6) is 0 Å². The Labute approximate surface area is 117 Å². The molecule has 118 valence electrons. The molecule has 0 amide bonds. The summed E-state index contributed by atoms with van der Waals surface area (Å²) in [5, 5.41) is 11.7. The lowest BCUT2D eigenvalue weighted by Crippen LogP contribution is -2.11. The van der Waals surface area contributed by atoms with E-state index < -0.39 is 46.5 Å². The predicted octanol–water partition coefficient (Wildman–Crippen LogP) is 4.08. The minimum Gasteiger partial charge on any atom is -0.476 e. The second-order valence-corrected chi connectivity index (χ2v) is 4.18. The van der Waals surface area contributed by atoms with E-state index in [1.54, 1.807) is 0 Å². The van der Waals surface area contributed by atoms with Crippen molar-refractivity contribution in [3.05, 3.63) is 41.1 Å². The minimum atomic E-state index is -5.01. The van der Waals surface area contributed by atoms with Crippen molar-refractivity contribution in [2.45, 2.75) is 12.4 Å². The molecular weight excluding hydrogens is 320 g/mol. The number of carboxylic acid groups (broad SMARTS) is 1. The normalized spacial score (nSPS) is 12.5. The third-order valence-electron chi connectivity index (χ3n) is 2.60. The minimum absolute atomic E-state index is 0.0437. The molecule has 0 spiro atoms. The van der Waals surface area contributed by atoms with Crippen molar-refractivity contribution in [3.63, 3.8) is 0 Å². The summed E-state index contributed by atoms with van der Waals surface area (Å²) in [6.45, 7) is 0. The smallest absolute Gasteiger partial charge is 0.416 e. The zero-order valence-corrected chi connectivity index (χ0v) is 10.3. The highest BCUT2D eigenvalue weighted by Gasteiger charge is 2.37. The van der Waals surface area contributed by atoms with Crippen molar-refractivity contribution < 1.29 is 40.8 Å². The maximum absolute atomic E-state index is 12.7. The molecule has 1 aromatic heterocycles. The van der Waals surface area contributed by atoms with Crippen molar-refractivity contribution in [2.24, 2.45) is 0 Å². The molecule has 0 fully saturated rings. The number of hydrogen-bond acceptors (Lipinski definition) is 3. The molecule has 10 heteroatoms. The van der Waals surface area contributed by atoms with Crippen LogP contribution >= 0.6 is 0 Å². The van der Waals surface area contributed by atoms with Crippen LogP contribution in [0.15, 0.2) is 28.8 Å². The fraction of sp³-hybridized carbons (Fsp3) is 0.167. The molecule has 1 N–H and O–H groups in total. The summed E-state index contributed by atoms with van der Waals surface area (Å²) >= 11 is 0. The molecular formula is C12H5F6NO3. The number of carbonyl (C=O) groups is 1. The number of nitrogens with zero attached hydrogens (tertiary/aromatic N) is 1. The monoisotopic (exact) mass is 325 g/mol. The molecule has 0 unspecified atom stereocenters. The molecule has 0 radical (unpaired) electrons. The van der Waals surface area contributed by atoms with Gasteiger partial charge in [-0.2, -0.15) is 26.3 Å². The molecule has 0 aliphatic carbocycles. The molecule has 1 heterocycles. The van der Waals surface area contributed by atoms with Gasteiger partial charge in [-0.05, 0) is 18.2 Å². The van der Waals surface area contributed by atoms with Gasteiger partial charge in [0.15, 0.2) is 11.5 Å². The maximum Gasteiger partial charge on any atom is 0.416 e. The van der Waals surface area contributed by atoms with E-state index in [1.165, 1.54) is 0 Å². The molecule has 22 heavy (non-hydrogen) atoms. The summed E-state index contributed by atoms with van der Waals surface area (Å²) in [6, 6.07) is 1.53. The lowest BCUT2D eigenvalue weighted by Gasteiger charge is -2.13. The van der Waals surface area contributed by atoms with E-state index in [2.05, 4.69) is 9.68 Å². The van der Waals surface area contributed by atoms with Gasteiger partial charge in [-0.25, -0.2) is 4.79 Å². The SMILES string of the molecule is O=C(O)c1cc(-c2cc(C(F)(F)F)cc(C(F)(F)F)c2)on1. The Balaban J connectivity index is 2.61. The Bertz CT molecular complexity index is 684. The largest absolute Gasteiger partial charge is 0.476 e. The number of hydrogen-bond donors (Lipinski definition) is 1. The average molecular weight is 325 g/mol. The Morgan fingerprint density at radius 3 is 1.82 bits per heavy atom. The molecule has 4 nitrogen and oxygen atoms in total. The van der Waals surface area contributed by atoms with Crippen LogP contribution in [0.4, 0.5) is 26.3 Å². The second-order valence-electron chi connectivity index (χ2n) is 4.18. The molecule has 0 saturated heterocycles.